The Labute approximate surface area is 474 Å². The Morgan fingerprint density at radius 3 is 1.36 bits per heavy atom. The van der Waals surface area contributed by atoms with Crippen LogP contribution in [-0.2, 0) is 10.8 Å². The smallest absolute Gasteiger partial charge is 0.135 e. The van der Waals surface area contributed by atoms with E-state index in [2.05, 4.69) is 279 Å². The van der Waals surface area contributed by atoms with E-state index in [0.717, 1.165) is 35.6 Å². The molecule has 0 amide bonds. The SMILES string of the molecule is CC1(C)c2ccccc2-c2c(N(c3cccc(-c4ccc5oc6ccccc6c5c4)c3)c3cccc4c3-c3ccccc3C4(C)C)cccc21.PPP(P)P(P(P)P)P(P(P(P)P)P(P)P)P(P(P)P)P(P)P. The quantitative estimate of drug-likeness (QED) is 0.101. The van der Waals surface area contributed by atoms with Gasteiger partial charge in [-0.3, -0.25) is 0 Å². The van der Waals surface area contributed by atoms with Gasteiger partial charge in [-0.1, -0.05) is 145 Å². The van der Waals surface area contributed by atoms with Crippen molar-refractivity contribution in [3.63, 3.8) is 0 Å². The molecule has 0 saturated heterocycles. The second kappa shape index (κ2) is 26.5. The highest BCUT2D eigenvalue weighted by molar-refractivity contribution is 9.39. The van der Waals surface area contributed by atoms with Gasteiger partial charge in [0.1, 0.15) is 11.2 Å². The molecule has 0 N–H and O–H groups in total. The van der Waals surface area contributed by atoms with E-state index in [1.807, 2.05) is 12.1 Å². The molecule has 10 rings (SSSR count). The zero-order chi connectivity index (χ0) is 52.3. The van der Waals surface area contributed by atoms with Gasteiger partial charge in [0.25, 0.3) is 0 Å². The van der Waals surface area contributed by atoms with E-state index in [0.29, 0.717) is 0 Å². The molecule has 8 aromatic rings. The van der Waals surface area contributed by atoms with Crippen molar-refractivity contribution in [1.82, 2.24) is 0 Å². The first kappa shape index (κ1) is 61.6. The Morgan fingerprint density at radius 1 is 0.411 bits per heavy atom. The van der Waals surface area contributed by atoms with Gasteiger partial charge in [-0.2, -0.15) is 0 Å². The average Bonchev–Trinajstić information content (AvgIpc) is 3.93. The van der Waals surface area contributed by atoms with Crippen molar-refractivity contribution in [1.29, 1.82) is 0 Å². The number of rotatable bonds is 14. The predicted molar refractivity (Wildman–Crippen MR) is 403 cm³/mol. The van der Waals surface area contributed by atoms with Crippen LogP contribution in [0.15, 0.2) is 156 Å². The molecule has 15 unspecified atom stereocenters. The minimum atomic E-state index is -0.106. The summed E-state index contributed by atoms with van der Waals surface area (Å²) in [6.45, 7) is 10.1. The van der Waals surface area contributed by atoms with E-state index in [9.17, 15) is 0 Å². The third-order valence-corrected chi connectivity index (χ3v) is 160. The second-order valence-electron chi connectivity index (χ2n) is 18.4. The molecule has 0 bridgehead atoms. The summed E-state index contributed by atoms with van der Waals surface area (Å²) in [5, 5.41) is 2.28. The van der Waals surface area contributed by atoms with Gasteiger partial charge in [0.05, 0.1) is 11.4 Å². The molecule has 15 atom stereocenters. The van der Waals surface area contributed by atoms with Crippen molar-refractivity contribution in [2.24, 2.45) is 0 Å². The topological polar surface area (TPSA) is 16.4 Å². The number of benzene rings is 7. The number of anilines is 3. The second-order valence-corrected chi connectivity index (χ2v) is 108. The van der Waals surface area contributed by atoms with Crippen LogP contribution in [0, 0.1) is 0 Å². The Balaban J connectivity index is 0.000000243. The standard InChI is InChI=1S/C48H37NO.H25P23/c1-47(2)37-19-8-5-17-34(37)45-39(47)21-12-23-41(45)49(42-24-13-22-40-46(42)35-18-6-9-20-38(35)48(40,3)4)32-15-11-14-30(28-32)31-26-27-44-36(29-31)33-16-7-10-25-43(33)50-44;1-13-19(12)22(18(10)11)23(20(14(2)3)15(4)5)21(16(6)7)17(8)9/h5-29H,1-4H3;13H,1-12H2. The first-order chi connectivity index (χ1) is 34.8. The minimum Gasteiger partial charge on any atom is -0.456 e. The average molecular weight is 1380 g/mol. The van der Waals surface area contributed by atoms with Gasteiger partial charge >= 0.3 is 0 Å². The van der Waals surface area contributed by atoms with Gasteiger partial charge < -0.3 is 9.32 Å². The molecule has 2 nitrogen and oxygen atoms in total. The molecule has 1 heterocycles. The summed E-state index contributed by atoms with van der Waals surface area (Å²) in [7, 11) is 39.5. The van der Waals surface area contributed by atoms with Crippen LogP contribution >= 0.6 is 185 Å². The van der Waals surface area contributed by atoms with Crippen LogP contribution in [0.4, 0.5) is 17.1 Å². The summed E-state index contributed by atoms with van der Waals surface area (Å²) < 4.78 is 6.19. The van der Waals surface area contributed by atoms with E-state index < -0.39 is 0 Å². The molecular formula is C48H62NOP23. The van der Waals surface area contributed by atoms with E-state index in [4.69, 9.17) is 4.42 Å². The molecule has 0 aliphatic heterocycles. The highest BCUT2D eigenvalue weighted by Crippen LogP contribution is 3.33. The fourth-order valence-corrected chi connectivity index (χ4v) is 292. The maximum atomic E-state index is 6.19. The zero-order valence-electron chi connectivity index (χ0n) is 40.7. The summed E-state index contributed by atoms with van der Waals surface area (Å²) in [6.07, 6.45) is 0. The molecule has 73 heavy (non-hydrogen) atoms. The summed E-state index contributed by atoms with van der Waals surface area (Å²) >= 11 is 0. The first-order valence-electron chi connectivity index (χ1n) is 22.8. The lowest BCUT2D eigenvalue weighted by Crippen LogP contribution is -2.17. The Bertz CT molecular complexity index is 3150. The van der Waals surface area contributed by atoms with E-state index >= 15 is 0 Å². The van der Waals surface area contributed by atoms with Crippen LogP contribution in [0.2, 0.25) is 0 Å². The first-order valence-corrected chi connectivity index (χ1v) is 64.0. The monoisotopic (exact) mass is 1380 g/mol. The lowest BCUT2D eigenvalue weighted by atomic mass is 9.82. The van der Waals surface area contributed by atoms with Gasteiger partial charge in [-0.05, 0) is 157 Å². The molecule has 0 spiro atoms. The minimum absolute atomic E-state index is 0.00774. The van der Waals surface area contributed by atoms with Crippen LogP contribution in [0.1, 0.15) is 49.9 Å². The molecule has 2 aliphatic rings. The highest BCUT2D eigenvalue weighted by atomic mass is 33.4. The van der Waals surface area contributed by atoms with Crippen molar-refractivity contribution in [2.45, 2.75) is 38.5 Å². The van der Waals surface area contributed by atoms with Crippen molar-refractivity contribution < 1.29 is 4.42 Å². The zero-order valence-corrected chi connectivity index (χ0v) is 64.5. The summed E-state index contributed by atoms with van der Waals surface area (Å²) in [4.78, 5) is 2.53. The molecule has 0 radical (unpaired) electrons. The van der Waals surface area contributed by atoms with Crippen molar-refractivity contribution >= 4 is 224 Å². The van der Waals surface area contributed by atoms with Gasteiger partial charge in [-0.15, -0.1) is 107 Å². The van der Waals surface area contributed by atoms with E-state index in [-0.39, 0.29) is 80.7 Å². The van der Waals surface area contributed by atoms with E-state index in [1.165, 1.54) is 67.0 Å². The number of furan rings is 1. The molecule has 380 valence electrons. The Hall–Kier alpha value is 4.03. The van der Waals surface area contributed by atoms with Crippen LogP contribution in [-0.4, -0.2) is 0 Å². The largest absolute Gasteiger partial charge is 0.456 e. The van der Waals surface area contributed by atoms with Gasteiger partial charge in [0.2, 0.25) is 0 Å². The Morgan fingerprint density at radius 2 is 0.849 bits per heavy atom. The fraction of sp³-hybridized carbons (Fsp3) is 0.125. The Kier molecular flexibility index (Phi) is 22.4. The molecule has 0 saturated carbocycles. The molecular weight excluding hydrogens is 1320 g/mol. The van der Waals surface area contributed by atoms with Crippen LogP contribution in [0.3, 0.4) is 0 Å². The van der Waals surface area contributed by atoms with Crippen molar-refractivity contribution in [2.75, 3.05) is 4.90 Å². The van der Waals surface area contributed by atoms with Gasteiger partial charge in [0, 0.05) is 38.4 Å². The van der Waals surface area contributed by atoms with Crippen molar-refractivity contribution in [3.8, 4) is 33.4 Å². The molecule has 25 heteroatoms. The van der Waals surface area contributed by atoms with E-state index in [1.54, 1.807) is 0 Å². The van der Waals surface area contributed by atoms with Crippen molar-refractivity contribution in [3.05, 3.63) is 174 Å². The third kappa shape index (κ3) is 12.6. The summed E-state index contributed by atoms with van der Waals surface area (Å²) in [5.74, 6) is 0. The predicted octanol–water partition coefficient (Wildman–Crippen LogP) is 26.5. The lowest BCUT2D eigenvalue weighted by Gasteiger charge is -2.47. The maximum Gasteiger partial charge on any atom is 0.135 e. The summed E-state index contributed by atoms with van der Waals surface area (Å²) in [5.41, 5.74) is 18.2. The fourth-order valence-electron chi connectivity index (χ4n) is 10.1. The number of hydrogen-bond donors (Lipinski definition) is 0. The highest BCUT2D eigenvalue weighted by Gasteiger charge is 2.45. The molecule has 1 aromatic heterocycles. The molecule has 0 fully saturated rings. The number of fused-ring (bicyclic) bond motifs is 9. The number of hydrogen-bond acceptors (Lipinski definition) is 2. The lowest BCUT2D eigenvalue weighted by molar-refractivity contribution is 0.660. The third-order valence-electron chi connectivity index (χ3n) is 13.3. The normalized spacial score (nSPS) is 15.3. The maximum absolute atomic E-state index is 6.19. The number of nitrogens with zero attached hydrogens (tertiary/aromatic N) is 1. The molecule has 2 aliphatic carbocycles. The van der Waals surface area contributed by atoms with Gasteiger partial charge in [0.15, 0.2) is 0 Å². The van der Waals surface area contributed by atoms with Gasteiger partial charge in [-0.25, -0.2) is 0 Å². The van der Waals surface area contributed by atoms with Crippen LogP contribution in [0.25, 0.3) is 55.3 Å². The summed E-state index contributed by atoms with van der Waals surface area (Å²) in [6, 6.07) is 55.7. The van der Waals surface area contributed by atoms with Crippen LogP contribution < -0.4 is 4.90 Å². The van der Waals surface area contributed by atoms with Crippen LogP contribution in [0.5, 0.6) is 0 Å². The number of para-hydroxylation sites is 1. The molecule has 7 aromatic carbocycles.